The summed E-state index contributed by atoms with van der Waals surface area (Å²) in [6.45, 7) is 8.19. The van der Waals surface area contributed by atoms with Crippen LogP contribution in [0.25, 0.3) is 27.7 Å². The number of rotatable bonds is 7. The Bertz CT molecular complexity index is 1290. The fourth-order valence-corrected chi connectivity index (χ4v) is 4.89. The molecule has 1 unspecified atom stereocenters. The molecule has 1 N–H and O–H groups in total. The number of ether oxygens (including phenoxy) is 2. The zero-order valence-electron chi connectivity index (χ0n) is 20.8. The van der Waals surface area contributed by atoms with E-state index < -0.39 is 6.09 Å². The first-order chi connectivity index (χ1) is 16.9. The number of oxazole rings is 1. The van der Waals surface area contributed by atoms with Crippen LogP contribution < -0.4 is 10.1 Å². The lowest BCUT2D eigenvalue weighted by molar-refractivity contribution is 0.114. The van der Waals surface area contributed by atoms with Crippen LogP contribution in [0.1, 0.15) is 64.1 Å². The van der Waals surface area contributed by atoms with Crippen molar-refractivity contribution in [1.29, 1.82) is 0 Å². The minimum absolute atomic E-state index is 0.103. The maximum atomic E-state index is 12.1. The fraction of sp³-hybridized carbons (Fsp3) is 0.429. The topological polar surface area (TPSA) is 78.5 Å². The molecule has 2 aliphatic carbocycles. The average Bonchev–Trinajstić information content (AvgIpc) is 3.34. The molecule has 2 aromatic heterocycles. The number of allylic oxidation sites excluding steroid dienone is 2. The van der Waals surface area contributed by atoms with Crippen molar-refractivity contribution in [2.24, 2.45) is 0 Å². The summed E-state index contributed by atoms with van der Waals surface area (Å²) in [5, 5.41) is 4.07. The van der Waals surface area contributed by atoms with Crippen LogP contribution in [0.5, 0.6) is 5.75 Å². The van der Waals surface area contributed by atoms with E-state index >= 15 is 0 Å². The van der Waals surface area contributed by atoms with Crippen molar-refractivity contribution >= 4 is 22.6 Å². The number of hydrogen-bond acceptors (Lipinski definition) is 5. The summed E-state index contributed by atoms with van der Waals surface area (Å²) in [6.07, 6.45) is 11.8. The van der Waals surface area contributed by atoms with Crippen LogP contribution in [0.2, 0.25) is 0 Å². The molecule has 0 aliphatic heterocycles. The monoisotopic (exact) mass is 475 g/mol. The van der Waals surface area contributed by atoms with Crippen molar-refractivity contribution in [3.8, 4) is 17.0 Å². The molecule has 0 radical (unpaired) electrons. The van der Waals surface area contributed by atoms with Crippen LogP contribution in [-0.2, 0) is 4.74 Å². The van der Waals surface area contributed by atoms with Gasteiger partial charge in [0.05, 0.1) is 30.0 Å². The molecule has 7 nitrogen and oxygen atoms in total. The van der Waals surface area contributed by atoms with E-state index in [-0.39, 0.29) is 12.1 Å². The number of nitrogens with zero attached hydrogens (tertiary/aromatic N) is 2. The molecular weight excluding hydrogens is 442 g/mol. The Morgan fingerprint density at radius 1 is 1.31 bits per heavy atom. The van der Waals surface area contributed by atoms with E-state index in [2.05, 4.69) is 34.2 Å². The van der Waals surface area contributed by atoms with Gasteiger partial charge in [-0.3, -0.25) is 0 Å². The number of alkyl carbamates (subject to hydrolysis) is 1. The van der Waals surface area contributed by atoms with Crippen molar-refractivity contribution in [2.75, 3.05) is 6.61 Å². The SMILES string of the molecule is CCOc1ccc2c(-c3coc(C)n3)c(C3=CCC(NC(=O)OC(C)C)C=C3)n(C3CCC3)c2c1. The van der Waals surface area contributed by atoms with Crippen molar-refractivity contribution in [3.63, 3.8) is 0 Å². The van der Waals surface area contributed by atoms with Gasteiger partial charge < -0.3 is 23.8 Å². The number of amides is 1. The lowest BCUT2D eigenvalue weighted by Gasteiger charge is -2.31. The summed E-state index contributed by atoms with van der Waals surface area (Å²) in [7, 11) is 0. The zero-order chi connectivity index (χ0) is 24.5. The Kier molecular flexibility index (Phi) is 6.41. The molecule has 1 aromatic carbocycles. The summed E-state index contributed by atoms with van der Waals surface area (Å²) in [5.74, 6) is 1.51. The van der Waals surface area contributed by atoms with Gasteiger partial charge in [0, 0.05) is 30.0 Å². The van der Waals surface area contributed by atoms with Crippen LogP contribution in [0, 0.1) is 6.92 Å². The molecule has 3 aromatic rings. The van der Waals surface area contributed by atoms with E-state index in [1.807, 2.05) is 39.8 Å². The molecule has 7 heteroatoms. The highest BCUT2D eigenvalue weighted by molar-refractivity contribution is 6.03. The number of aromatic nitrogens is 2. The van der Waals surface area contributed by atoms with Crippen LogP contribution >= 0.6 is 0 Å². The smallest absolute Gasteiger partial charge is 0.407 e. The summed E-state index contributed by atoms with van der Waals surface area (Å²) in [6, 6.07) is 6.64. The number of fused-ring (bicyclic) bond motifs is 1. The van der Waals surface area contributed by atoms with Crippen LogP contribution in [-0.4, -0.2) is 34.4 Å². The standard InChI is InChI=1S/C28H33N3O4/c1-5-33-22-13-14-23-25(15-22)31(21-7-6-8-21)27(26(23)24-16-34-18(4)29-24)19-9-11-20(12-10-19)30-28(32)35-17(2)3/h9-11,13-17,20-21H,5-8,12H2,1-4H3,(H,30,32). The van der Waals surface area contributed by atoms with Gasteiger partial charge in [-0.1, -0.05) is 18.2 Å². The Balaban J connectivity index is 1.60. The first-order valence-corrected chi connectivity index (χ1v) is 12.5. The number of hydrogen-bond donors (Lipinski definition) is 1. The molecule has 0 saturated heterocycles. The summed E-state index contributed by atoms with van der Waals surface area (Å²) in [5.41, 5.74) is 5.33. The van der Waals surface area contributed by atoms with Crippen LogP contribution in [0.3, 0.4) is 0 Å². The Labute approximate surface area is 205 Å². The fourth-order valence-electron chi connectivity index (χ4n) is 4.89. The second kappa shape index (κ2) is 9.64. The average molecular weight is 476 g/mol. The summed E-state index contributed by atoms with van der Waals surface area (Å²) < 4.78 is 19.2. The van der Waals surface area contributed by atoms with Crippen molar-refractivity contribution in [3.05, 3.63) is 54.3 Å². The van der Waals surface area contributed by atoms with Crippen molar-refractivity contribution in [1.82, 2.24) is 14.9 Å². The van der Waals surface area contributed by atoms with E-state index in [9.17, 15) is 4.79 Å². The lowest BCUT2D eigenvalue weighted by Crippen LogP contribution is -2.35. The minimum Gasteiger partial charge on any atom is -0.494 e. The van der Waals surface area contributed by atoms with Crippen molar-refractivity contribution < 1.29 is 18.7 Å². The highest BCUT2D eigenvalue weighted by Crippen LogP contribution is 2.46. The quantitative estimate of drug-likeness (QED) is 0.418. The molecule has 5 rings (SSSR count). The summed E-state index contributed by atoms with van der Waals surface area (Å²) in [4.78, 5) is 16.8. The molecule has 1 amide bonds. The third-order valence-corrected chi connectivity index (χ3v) is 6.62. The number of carbonyl (C=O) groups is 1. The molecule has 1 fully saturated rings. The highest BCUT2D eigenvalue weighted by atomic mass is 16.6. The second-order valence-corrected chi connectivity index (χ2v) is 9.50. The van der Waals surface area contributed by atoms with Gasteiger partial charge in [-0.05, 0) is 64.2 Å². The zero-order valence-corrected chi connectivity index (χ0v) is 20.8. The maximum Gasteiger partial charge on any atom is 0.407 e. The highest BCUT2D eigenvalue weighted by Gasteiger charge is 2.30. The number of aryl methyl sites for hydroxylation is 1. The van der Waals surface area contributed by atoms with E-state index in [0.29, 0.717) is 25.0 Å². The summed E-state index contributed by atoms with van der Waals surface area (Å²) >= 11 is 0. The first-order valence-electron chi connectivity index (χ1n) is 12.5. The molecule has 0 bridgehead atoms. The first kappa shape index (κ1) is 23.3. The predicted molar refractivity (Wildman–Crippen MR) is 137 cm³/mol. The van der Waals surface area contributed by atoms with Gasteiger partial charge in [-0.2, -0.15) is 0 Å². The van der Waals surface area contributed by atoms with Crippen LogP contribution in [0.15, 0.2) is 47.1 Å². The Morgan fingerprint density at radius 3 is 2.74 bits per heavy atom. The van der Waals surface area contributed by atoms with E-state index in [0.717, 1.165) is 52.0 Å². The van der Waals surface area contributed by atoms with Crippen molar-refractivity contribution in [2.45, 2.75) is 71.6 Å². The largest absolute Gasteiger partial charge is 0.494 e. The van der Waals surface area contributed by atoms with Gasteiger partial charge in [0.2, 0.25) is 0 Å². The Hall–Kier alpha value is -3.48. The third kappa shape index (κ3) is 4.59. The number of carbonyl (C=O) groups excluding carboxylic acids is 1. The molecule has 0 spiro atoms. The Morgan fingerprint density at radius 2 is 2.14 bits per heavy atom. The molecule has 2 aliphatic rings. The van der Waals surface area contributed by atoms with E-state index in [1.165, 1.54) is 6.42 Å². The third-order valence-electron chi connectivity index (χ3n) is 6.62. The normalized spacial score (nSPS) is 18.0. The molecule has 2 heterocycles. The van der Waals surface area contributed by atoms with Gasteiger partial charge in [0.15, 0.2) is 5.89 Å². The lowest BCUT2D eigenvalue weighted by atomic mass is 9.91. The number of nitrogens with one attached hydrogen (secondary N) is 1. The second-order valence-electron chi connectivity index (χ2n) is 9.50. The molecule has 1 atom stereocenters. The van der Waals surface area contributed by atoms with E-state index in [1.54, 1.807) is 6.26 Å². The van der Waals surface area contributed by atoms with Gasteiger partial charge in [0.25, 0.3) is 0 Å². The maximum absolute atomic E-state index is 12.1. The van der Waals surface area contributed by atoms with E-state index in [4.69, 9.17) is 18.9 Å². The molecule has 184 valence electrons. The van der Waals surface area contributed by atoms with Gasteiger partial charge in [-0.25, -0.2) is 9.78 Å². The minimum atomic E-state index is -0.391. The van der Waals surface area contributed by atoms with Crippen LogP contribution in [0.4, 0.5) is 4.79 Å². The number of benzene rings is 1. The van der Waals surface area contributed by atoms with Gasteiger partial charge in [-0.15, -0.1) is 0 Å². The van der Waals surface area contributed by atoms with Gasteiger partial charge >= 0.3 is 6.09 Å². The molecule has 1 saturated carbocycles. The predicted octanol–water partition coefficient (Wildman–Crippen LogP) is 6.57. The van der Waals surface area contributed by atoms with Gasteiger partial charge in [0.1, 0.15) is 17.7 Å². The molecular formula is C28H33N3O4. The molecule has 35 heavy (non-hydrogen) atoms.